The number of rotatable bonds is 7. The fraction of sp³-hybridized carbons (Fsp3) is 0.320. The summed E-state index contributed by atoms with van der Waals surface area (Å²) in [5.74, 6) is -2.14. The van der Waals surface area contributed by atoms with E-state index in [-0.39, 0.29) is 11.5 Å². The number of carbonyl (C=O) groups is 2. The van der Waals surface area contributed by atoms with E-state index in [4.69, 9.17) is 15.6 Å². The Bertz CT molecular complexity index is 1200. The number of nitrogens with one attached hydrogen (secondary N) is 1. The van der Waals surface area contributed by atoms with Gasteiger partial charge in [-0.05, 0) is 55.6 Å². The van der Waals surface area contributed by atoms with Crippen molar-refractivity contribution in [2.75, 3.05) is 38.7 Å². The molecule has 2 amide bonds. The highest BCUT2D eigenvalue weighted by Gasteiger charge is 2.24. The van der Waals surface area contributed by atoms with Crippen LogP contribution in [-0.2, 0) is 4.74 Å². The van der Waals surface area contributed by atoms with Crippen LogP contribution < -0.4 is 11.1 Å². The number of hydrogen-bond acceptors (Lipinski definition) is 5. The zero-order chi connectivity index (χ0) is 26.2. The lowest BCUT2D eigenvalue weighted by Crippen LogP contribution is -2.24. The Labute approximate surface area is 207 Å². The van der Waals surface area contributed by atoms with Crippen LogP contribution >= 0.6 is 0 Å². The van der Waals surface area contributed by atoms with Gasteiger partial charge in [-0.3, -0.25) is 5.32 Å². The van der Waals surface area contributed by atoms with Crippen molar-refractivity contribution in [3.63, 3.8) is 0 Å². The van der Waals surface area contributed by atoms with Gasteiger partial charge >= 0.3 is 12.0 Å². The van der Waals surface area contributed by atoms with Gasteiger partial charge in [0.2, 0.25) is 0 Å². The molecule has 3 aromatic rings. The van der Waals surface area contributed by atoms with Crippen molar-refractivity contribution in [3.05, 3.63) is 77.0 Å². The summed E-state index contributed by atoms with van der Waals surface area (Å²) >= 11 is 0. The number of benzene rings is 2. The van der Waals surface area contributed by atoms with Crippen LogP contribution in [0.4, 0.5) is 19.4 Å². The summed E-state index contributed by atoms with van der Waals surface area (Å²) in [6.45, 7) is 5.06. The van der Waals surface area contributed by atoms with E-state index < -0.39 is 23.6 Å². The Morgan fingerprint density at radius 2 is 1.92 bits per heavy atom. The Kier molecular flexibility index (Phi) is 9.09. The molecule has 1 saturated heterocycles. The molecule has 1 aliphatic rings. The van der Waals surface area contributed by atoms with Gasteiger partial charge in [0.25, 0.3) is 0 Å². The van der Waals surface area contributed by atoms with Crippen molar-refractivity contribution < 1.29 is 28.2 Å². The number of aromatic carboxylic acids is 1. The summed E-state index contributed by atoms with van der Waals surface area (Å²) in [5, 5.41) is 15.4. The van der Waals surface area contributed by atoms with Crippen molar-refractivity contribution >= 4 is 17.8 Å². The molecule has 2 heterocycles. The van der Waals surface area contributed by atoms with Crippen molar-refractivity contribution in [3.8, 4) is 5.69 Å². The van der Waals surface area contributed by atoms with Crippen LogP contribution in [0.3, 0.4) is 0 Å². The molecule has 11 heteroatoms. The van der Waals surface area contributed by atoms with Crippen LogP contribution in [0.15, 0.2) is 48.5 Å². The van der Waals surface area contributed by atoms with Gasteiger partial charge in [-0.25, -0.2) is 23.1 Å². The van der Waals surface area contributed by atoms with Crippen LogP contribution in [-0.4, -0.2) is 65.1 Å². The molecule has 4 rings (SSSR count). The molecule has 0 aliphatic carbocycles. The molecule has 1 fully saturated rings. The molecule has 0 bridgehead atoms. The average molecular weight is 502 g/mol. The number of halogens is 2. The number of aromatic nitrogens is 2. The van der Waals surface area contributed by atoms with E-state index in [9.17, 15) is 18.4 Å². The Hall–Kier alpha value is -3.83. The predicted molar refractivity (Wildman–Crippen MR) is 130 cm³/mol. The van der Waals surface area contributed by atoms with Crippen LogP contribution in [0.1, 0.15) is 34.0 Å². The highest BCUT2D eigenvalue weighted by Crippen LogP contribution is 2.28. The number of carboxylic acid groups (broad SMARTS) is 1. The molecule has 9 nitrogen and oxygen atoms in total. The van der Waals surface area contributed by atoms with E-state index in [1.54, 1.807) is 44.4 Å². The largest absolute Gasteiger partial charge is 0.476 e. The lowest BCUT2D eigenvalue weighted by Gasteiger charge is -2.15. The summed E-state index contributed by atoms with van der Waals surface area (Å²) in [5.41, 5.74) is 6.82. The Morgan fingerprint density at radius 1 is 1.19 bits per heavy atom. The molecule has 2 aromatic carbocycles. The second kappa shape index (κ2) is 12.2. The number of carboxylic acids is 1. The minimum Gasteiger partial charge on any atom is -0.476 e. The number of hydrogen-bond donors (Lipinski definition) is 3. The second-order valence-electron chi connectivity index (χ2n) is 8.32. The van der Waals surface area contributed by atoms with Gasteiger partial charge in [-0.2, -0.15) is 5.10 Å². The molecule has 1 aliphatic heterocycles. The molecule has 0 radical (unpaired) electrons. The topological polar surface area (TPSA) is 123 Å². The monoisotopic (exact) mass is 501 g/mol. The first-order chi connectivity index (χ1) is 17.2. The SMILES string of the molecule is COCCN1CCC(c2ccc(F)c(F)c2)C1.Cc1c(C(=O)O)nn(-c2ccccc2)c1NC(N)=O. The maximum atomic E-state index is 13.1. The van der Waals surface area contributed by atoms with Gasteiger partial charge in [0.15, 0.2) is 17.3 Å². The zero-order valence-corrected chi connectivity index (χ0v) is 20.1. The number of anilines is 1. The minimum atomic E-state index is -1.17. The first kappa shape index (κ1) is 26.8. The summed E-state index contributed by atoms with van der Waals surface area (Å²) in [4.78, 5) is 24.4. The molecular weight excluding hydrogens is 472 g/mol. The van der Waals surface area contributed by atoms with Crippen LogP contribution in [0.2, 0.25) is 0 Å². The molecule has 0 saturated carbocycles. The number of ether oxygens (including phenoxy) is 1. The number of methoxy groups -OCH3 is 1. The zero-order valence-electron chi connectivity index (χ0n) is 20.1. The van der Waals surface area contributed by atoms with Crippen LogP contribution in [0.5, 0.6) is 0 Å². The van der Waals surface area contributed by atoms with Gasteiger partial charge in [0, 0.05) is 25.8 Å². The number of amides is 2. The molecule has 192 valence electrons. The van der Waals surface area contributed by atoms with Crippen LogP contribution in [0.25, 0.3) is 5.69 Å². The van der Waals surface area contributed by atoms with E-state index in [0.29, 0.717) is 23.8 Å². The van der Waals surface area contributed by atoms with Crippen molar-refractivity contribution in [2.45, 2.75) is 19.3 Å². The maximum Gasteiger partial charge on any atom is 0.356 e. The standard InChI is InChI=1S/C13H17F2NO.C12H12N4O3/c1-17-7-6-16-5-4-11(9-16)10-2-3-12(14)13(15)8-10;1-7-9(11(17)18)15-16(10(7)14-12(13)19)8-5-3-2-4-6-8/h2-3,8,11H,4-7,9H2,1H3;2-6H,1H3,(H,17,18)(H3,13,14,19). The van der Waals surface area contributed by atoms with E-state index in [1.165, 1.54) is 16.8 Å². The average Bonchev–Trinajstić information content (AvgIpc) is 3.45. The lowest BCUT2D eigenvalue weighted by atomic mass is 9.98. The van der Waals surface area contributed by atoms with Gasteiger partial charge in [0.05, 0.1) is 12.3 Å². The highest BCUT2D eigenvalue weighted by atomic mass is 19.2. The van der Waals surface area contributed by atoms with Gasteiger partial charge in [-0.15, -0.1) is 0 Å². The fourth-order valence-electron chi connectivity index (χ4n) is 4.01. The van der Waals surface area contributed by atoms with Gasteiger partial charge < -0.3 is 20.5 Å². The van der Waals surface area contributed by atoms with E-state index in [1.807, 2.05) is 6.07 Å². The van der Waals surface area contributed by atoms with Crippen LogP contribution in [0, 0.1) is 18.6 Å². The predicted octanol–water partition coefficient (Wildman–Crippen LogP) is 3.77. The number of urea groups is 1. The van der Waals surface area contributed by atoms with Gasteiger partial charge in [0.1, 0.15) is 5.82 Å². The fourth-order valence-corrected chi connectivity index (χ4v) is 4.01. The Morgan fingerprint density at radius 3 is 2.53 bits per heavy atom. The summed E-state index contributed by atoms with van der Waals surface area (Å²) in [6.07, 6.45) is 0.995. The molecule has 36 heavy (non-hydrogen) atoms. The van der Waals surface area contributed by atoms with Crippen molar-refractivity contribution in [2.24, 2.45) is 5.73 Å². The first-order valence-corrected chi connectivity index (χ1v) is 11.3. The highest BCUT2D eigenvalue weighted by molar-refractivity contribution is 5.93. The summed E-state index contributed by atoms with van der Waals surface area (Å²) in [7, 11) is 1.68. The first-order valence-electron chi connectivity index (χ1n) is 11.3. The third-order valence-electron chi connectivity index (χ3n) is 5.87. The van der Waals surface area contributed by atoms with Gasteiger partial charge in [-0.1, -0.05) is 24.3 Å². The van der Waals surface area contributed by atoms with Crippen molar-refractivity contribution in [1.82, 2.24) is 14.7 Å². The molecule has 1 unspecified atom stereocenters. The number of likely N-dealkylation sites (tertiary alicyclic amines) is 1. The molecule has 1 atom stereocenters. The van der Waals surface area contributed by atoms with E-state index in [0.717, 1.165) is 31.6 Å². The number of primary amides is 1. The van der Waals surface area contributed by atoms with E-state index >= 15 is 0 Å². The number of nitrogens with two attached hydrogens (primary N) is 1. The van der Waals surface area contributed by atoms with E-state index in [2.05, 4.69) is 15.3 Å². The quantitative estimate of drug-likeness (QED) is 0.453. The summed E-state index contributed by atoms with van der Waals surface area (Å²) in [6, 6.07) is 12.3. The molecule has 4 N–H and O–H groups in total. The molecular formula is C25H29F2N5O4. The Balaban J connectivity index is 0.000000202. The third kappa shape index (κ3) is 6.64. The minimum absolute atomic E-state index is 0.132. The lowest BCUT2D eigenvalue weighted by molar-refractivity contribution is 0.0689. The number of carbonyl (C=O) groups excluding carboxylic acids is 1. The molecule has 1 aromatic heterocycles. The number of para-hydroxylation sites is 1. The maximum absolute atomic E-state index is 13.1. The molecule has 0 spiro atoms. The third-order valence-corrected chi connectivity index (χ3v) is 5.87. The second-order valence-corrected chi connectivity index (χ2v) is 8.32. The van der Waals surface area contributed by atoms with Crippen molar-refractivity contribution in [1.29, 1.82) is 0 Å². The normalized spacial score (nSPS) is 15.3. The summed E-state index contributed by atoms with van der Waals surface area (Å²) < 4.78 is 32.3. The number of nitrogens with zero attached hydrogens (tertiary/aromatic N) is 3. The smallest absolute Gasteiger partial charge is 0.356 e.